The van der Waals surface area contributed by atoms with Crippen LogP contribution in [0.15, 0.2) is 138 Å². The number of hydrogen-bond acceptors (Lipinski definition) is 6. The van der Waals surface area contributed by atoms with E-state index in [-0.39, 0.29) is 16.9 Å². The van der Waals surface area contributed by atoms with Crippen LogP contribution in [0.25, 0.3) is 6.08 Å². The van der Waals surface area contributed by atoms with Crippen LogP contribution in [0.5, 0.6) is 5.75 Å². The van der Waals surface area contributed by atoms with Crippen molar-refractivity contribution in [3.8, 4) is 5.75 Å². The second-order valence-electron chi connectivity index (χ2n) is 10.7. The highest BCUT2D eigenvalue weighted by Gasteiger charge is 2.23. The standard InChI is InChI=1S/C38H31N3O6S/c1-24-12-14-25(15-13-24)22-32(41-35(43)27-10-6-3-7-11-27)36(44)39-28-16-19-30(20-17-28)48-34(26-8-4-2-5-9-26)37(45)40-29-18-21-33(42)31(23-29)38(46)47/h2-23,34,42H,1H3,(H,39,44)(H,40,45)(H,41,43)(H,46,47)/b32-22-. The van der Waals surface area contributed by atoms with Gasteiger partial charge in [-0.05, 0) is 78.7 Å². The van der Waals surface area contributed by atoms with E-state index in [2.05, 4.69) is 16.0 Å². The molecular formula is C38H31N3O6S. The van der Waals surface area contributed by atoms with Crippen molar-refractivity contribution < 1.29 is 29.4 Å². The number of carboxylic acid groups (broad SMARTS) is 1. The summed E-state index contributed by atoms with van der Waals surface area (Å²) in [5.74, 6) is -3.06. The van der Waals surface area contributed by atoms with E-state index in [1.54, 1.807) is 60.7 Å². The van der Waals surface area contributed by atoms with Crippen molar-refractivity contribution in [2.24, 2.45) is 0 Å². The fraction of sp³-hybridized carbons (Fsp3) is 0.0526. The van der Waals surface area contributed by atoms with Crippen LogP contribution in [0.4, 0.5) is 11.4 Å². The number of hydrogen-bond donors (Lipinski definition) is 5. The first kappa shape index (κ1) is 33.2. The van der Waals surface area contributed by atoms with Crippen LogP contribution in [0.1, 0.15) is 42.7 Å². The Morgan fingerprint density at radius 2 is 1.35 bits per heavy atom. The molecule has 5 rings (SSSR count). The number of benzene rings is 5. The molecule has 0 saturated carbocycles. The summed E-state index contributed by atoms with van der Waals surface area (Å²) < 4.78 is 0. The fourth-order valence-corrected chi connectivity index (χ4v) is 5.64. The van der Waals surface area contributed by atoms with E-state index in [4.69, 9.17) is 0 Å². The second kappa shape index (κ2) is 15.4. The lowest BCUT2D eigenvalue weighted by molar-refractivity contribution is -0.116. The Morgan fingerprint density at radius 1 is 0.729 bits per heavy atom. The van der Waals surface area contributed by atoms with Crippen molar-refractivity contribution in [1.82, 2.24) is 5.32 Å². The van der Waals surface area contributed by atoms with Gasteiger partial charge >= 0.3 is 5.97 Å². The van der Waals surface area contributed by atoms with Crippen molar-refractivity contribution in [3.05, 3.63) is 161 Å². The number of rotatable bonds is 11. The number of anilines is 2. The summed E-state index contributed by atoms with van der Waals surface area (Å²) in [5, 5.41) is 26.8. The summed E-state index contributed by atoms with van der Waals surface area (Å²) in [4.78, 5) is 52.1. The first-order valence-corrected chi connectivity index (χ1v) is 15.7. The first-order valence-electron chi connectivity index (χ1n) is 14.8. The maximum atomic E-state index is 13.5. The number of aromatic hydroxyl groups is 1. The average molecular weight is 658 g/mol. The molecule has 0 aliphatic rings. The van der Waals surface area contributed by atoms with Gasteiger partial charge in [-0.1, -0.05) is 78.4 Å². The highest BCUT2D eigenvalue weighted by Crippen LogP contribution is 2.37. The van der Waals surface area contributed by atoms with Gasteiger partial charge in [-0.2, -0.15) is 0 Å². The van der Waals surface area contributed by atoms with E-state index in [0.717, 1.165) is 21.6 Å². The predicted molar refractivity (Wildman–Crippen MR) is 187 cm³/mol. The van der Waals surface area contributed by atoms with Crippen LogP contribution in [0.3, 0.4) is 0 Å². The quantitative estimate of drug-likeness (QED) is 0.0570. The van der Waals surface area contributed by atoms with Crippen LogP contribution >= 0.6 is 11.8 Å². The third kappa shape index (κ3) is 8.77. The van der Waals surface area contributed by atoms with Crippen LogP contribution in [0.2, 0.25) is 0 Å². The van der Waals surface area contributed by atoms with Gasteiger partial charge in [-0.15, -0.1) is 11.8 Å². The molecule has 5 aromatic carbocycles. The fourth-order valence-electron chi connectivity index (χ4n) is 4.62. The predicted octanol–water partition coefficient (Wildman–Crippen LogP) is 7.28. The molecular weight excluding hydrogens is 626 g/mol. The number of carbonyl (C=O) groups is 4. The summed E-state index contributed by atoms with van der Waals surface area (Å²) in [7, 11) is 0. The maximum absolute atomic E-state index is 13.5. The average Bonchev–Trinajstić information content (AvgIpc) is 3.10. The van der Waals surface area contributed by atoms with Gasteiger partial charge in [0.1, 0.15) is 22.3 Å². The minimum absolute atomic E-state index is 0.0623. The number of nitrogens with one attached hydrogen (secondary N) is 3. The van der Waals surface area contributed by atoms with Gasteiger partial charge < -0.3 is 26.2 Å². The zero-order chi connectivity index (χ0) is 34.0. The van der Waals surface area contributed by atoms with Crippen LogP contribution < -0.4 is 16.0 Å². The van der Waals surface area contributed by atoms with E-state index in [1.807, 2.05) is 61.5 Å². The number of aryl methyl sites for hydroxylation is 1. The molecule has 0 aliphatic carbocycles. The lowest BCUT2D eigenvalue weighted by atomic mass is 10.1. The molecule has 0 fully saturated rings. The van der Waals surface area contributed by atoms with E-state index >= 15 is 0 Å². The highest BCUT2D eigenvalue weighted by molar-refractivity contribution is 8.00. The number of thioether (sulfide) groups is 1. The number of carbonyl (C=O) groups excluding carboxylic acids is 3. The van der Waals surface area contributed by atoms with E-state index in [1.165, 1.54) is 30.0 Å². The van der Waals surface area contributed by atoms with Gasteiger partial charge in [-0.3, -0.25) is 14.4 Å². The summed E-state index contributed by atoms with van der Waals surface area (Å²) in [6.07, 6.45) is 1.61. The van der Waals surface area contributed by atoms with Crippen LogP contribution in [-0.4, -0.2) is 33.9 Å². The Balaban J connectivity index is 1.33. The minimum Gasteiger partial charge on any atom is -0.507 e. The van der Waals surface area contributed by atoms with Crippen LogP contribution in [-0.2, 0) is 9.59 Å². The topological polar surface area (TPSA) is 145 Å². The number of aromatic carboxylic acids is 1. The molecule has 0 bridgehead atoms. The van der Waals surface area contributed by atoms with Gasteiger partial charge in [-0.25, -0.2) is 4.79 Å². The van der Waals surface area contributed by atoms with Crippen molar-refractivity contribution in [1.29, 1.82) is 0 Å². The molecule has 10 heteroatoms. The van der Waals surface area contributed by atoms with Crippen molar-refractivity contribution >= 4 is 52.9 Å². The molecule has 0 saturated heterocycles. The van der Waals surface area contributed by atoms with Gasteiger partial charge in [0.05, 0.1) is 0 Å². The summed E-state index contributed by atoms with van der Waals surface area (Å²) in [6, 6.07) is 36.0. The Kier molecular flexibility index (Phi) is 10.7. The zero-order valence-electron chi connectivity index (χ0n) is 25.7. The number of carboxylic acids is 1. The monoisotopic (exact) mass is 657 g/mol. The normalized spacial score (nSPS) is 11.6. The van der Waals surface area contributed by atoms with Crippen molar-refractivity contribution in [2.45, 2.75) is 17.1 Å². The first-order chi connectivity index (χ1) is 23.2. The maximum Gasteiger partial charge on any atom is 0.339 e. The Morgan fingerprint density at radius 3 is 2.00 bits per heavy atom. The largest absolute Gasteiger partial charge is 0.507 e. The van der Waals surface area contributed by atoms with E-state index in [0.29, 0.717) is 11.3 Å². The molecule has 5 aromatic rings. The van der Waals surface area contributed by atoms with Crippen molar-refractivity contribution in [3.63, 3.8) is 0 Å². The molecule has 9 nitrogen and oxygen atoms in total. The zero-order valence-corrected chi connectivity index (χ0v) is 26.5. The van der Waals surface area contributed by atoms with Gasteiger partial charge in [0, 0.05) is 21.8 Å². The molecule has 0 radical (unpaired) electrons. The molecule has 0 aromatic heterocycles. The highest BCUT2D eigenvalue weighted by atomic mass is 32.2. The molecule has 3 amide bonds. The Bertz CT molecular complexity index is 1960. The molecule has 0 spiro atoms. The molecule has 5 N–H and O–H groups in total. The lowest BCUT2D eigenvalue weighted by Gasteiger charge is -2.18. The third-order valence-corrected chi connectivity index (χ3v) is 8.38. The number of amides is 3. The summed E-state index contributed by atoms with van der Waals surface area (Å²) in [6.45, 7) is 1.96. The molecule has 1 unspecified atom stereocenters. The summed E-state index contributed by atoms with van der Waals surface area (Å²) in [5.41, 5.74) is 3.36. The smallest absolute Gasteiger partial charge is 0.339 e. The second-order valence-corrected chi connectivity index (χ2v) is 11.9. The molecule has 48 heavy (non-hydrogen) atoms. The van der Waals surface area contributed by atoms with Gasteiger partial charge in [0.25, 0.3) is 11.8 Å². The third-order valence-electron chi connectivity index (χ3n) is 7.12. The Hall–Kier alpha value is -6.13. The van der Waals surface area contributed by atoms with E-state index in [9.17, 15) is 29.4 Å². The summed E-state index contributed by atoms with van der Waals surface area (Å²) >= 11 is 1.27. The number of phenols is 1. The lowest BCUT2D eigenvalue weighted by Crippen LogP contribution is -2.30. The van der Waals surface area contributed by atoms with E-state index < -0.39 is 34.7 Å². The molecule has 0 heterocycles. The van der Waals surface area contributed by atoms with Crippen LogP contribution in [0, 0.1) is 6.92 Å². The molecule has 0 aliphatic heterocycles. The molecule has 240 valence electrons. The van der Waals surface area contributed by atoms with Crippen molar-refractivity contribution in [2.75, 3.05) is 10.6 Å². The minimum atomic E-state index is -1.32. The van der Waals surface area contributed by atoms with Gasteiger partial charge in [0.2, 0.25) is 5.91 Å². The molecule has 1 atom stereocenters. The van der Waals surface area contributed by atoms with Gasteiger partial charge in [0.15, 0.2) is 0 Å². The Labute approximate surface area is 281 Å². The SMILES string of the molecule is Cc1ccc(/C=C(\NC(=O)c2ccccc2)C(=O)Nc2ccc(SC(C(=O)Nc3ccc(O)c(C(=O)O)c3)c3ccccc3)cc2)cc1.